The largest absolute Gasteiger partial charge is 0.303 e. The Morgan fingerprint density at radius 1 is 0.355 bits per heavy atom. The molecule has 10 aromatic carbocycles. The van der Waals surface area contributed by atoms with Gasteiger partial charge in [-0.05, 0) is 138 Å². The van der Waals surface area contributed by atoms with Gasteiger partial charge in [-0.2, -0.15) is 0 Å². The molecule has 0 amide bonds. The molecule has 0 N–H and O–H groups in total. The first kappa shape index (κ1) is 35.2. The van der Waals surface area contributed by atoms with Gasteiger partial charge in [0.1, 0.15) is 0 Å². The number of nitrogens with zero attached hydrogens (tertiary/aromatic N) is 1. The minimum Gasteiger partial charge on any atom is -0.303 e. The third-order valence-corrected chi connectivity index (χ3v) is 14.8. The fourth-order valence-electron chi connectivity index (χ4n) is 11.2. The topological polar surface area (TPSA) is 3.24 Å². The van der Waals surface area contributed by atoms with E-state index in [2.05, 4.69) is 241 Å². The van der Waals surface area contributed by atoms with E-state index < -0.39 is 10.8 Å². The van der Waals surface area contributed by atoms with Gasteiger partial charge in [0.2, 0.25) is 0 Å². The molecule has 13 rings (SSSR count). The van der Waals surface area contributed by atoms with Crippen molar-refractivity contribution >= 4 is 39.6 Å². The Kier molecular flexibility index (Phi) is 7.65. The molecule has 2 aliphatic carbocycles. The van der Waals surface area contributed by atoms with E-state index in [0.29, 0.717) is 0 Å². The summed E-state index contributed by atoms with van der Waals surface area (Å²) in [4.78, 5) is 4.95. The number of para-hydroxylation sites is 1. The summed E-state index contributed by atoms with van der Waals surface area (Å²) in [6.45, 7) is 0. The van der Waals surface area contributed by atoms with Gasteiger partial charge in [-0.15, -0.1) is 0 Å². The van der Waals surface area contributed by atoms with Gasteiger partial charge in [-0.3, -0.25) is 0 Å². The molecule has 0 unspecified atom stereocenters. The molecule has 0 bridgehead atoms. The van der Waals surface area contributed by atoms with Crippen LogP contribution in [0.15, 0.2) is 234 Å². The van der Waals surface area contributed by atoms with Crippen LogP contribution in [0, 0.1) is 12.1 Å². The van der Waals surface area contributed by atoms with E-state index in [0.717, 1.165) is 22.6 Å². The van der Waals surface area contributed by atoms with E-state index in [9.17, 15) is 0 Å². The highest BCUT2D eigenvalue weighted by atomic mass is 32.2. The summed E-state index contributed by atoms with van der Waals surface area (Å²) in [7, 11) is 0. The van der Waals surface area contributed by atoms with Crippen molar-refractivity contribution in [2.24, 2.45) is 0 Å². The van der Waals surface area contributed by atoms with Crippen molar-refractivity contribution in [1.82, 2.24) is 0 Å². The lowest BCUT2D eigenvalue weighted by atomic mass is 9.67. The van der Waals surface area contributed by atoms with Crippen LogP contribution in [0.5, 0.6) is 0 Å². The smallest absolute Gasteiger partial charge is 0.0976 e. The van der Waals surface area contributed by atoms with Gasteiger partial charge in [0.05, 0.1) is 16.5 Å². The van der Waals surface area contributed by atoms with Crippen molar-refractivity contribution < 1.29 is 0 Å². The summed E-state index contributed by atoms with van der Waals surface area (Å²) in [5, 5.41) is 2.45. The first-order valence-electron chi connectivity index (χ1n) is 21.3. The molecule has 1 heterocycles. The average molecular weight is 804 g/mol. The lowest BCUT2D eigenvalue weighted by molar-refractivity contribution is 0.722. The Morgan fingerprint density at radius 3 is 1.55 bits per heavy atom. The monoisotopic (exact) mass is 803 g/mol. The van der Waals surface area contributed by atoms with Crippen LogP contribution in [0.4, 0.5) is 17.1 Å². The number of anilines is 3. The number of benzene rings is 9. The zero-order chi connectivity index (χ0) is 40.8. The van der Waals surface area contributed by atoms with Crippen LogP contribution in [-0.2, 0) is 10.8 Å². The molecular weight excluding hydrogens is 767 g/mol. The van der Waals surface area contributed by atoms with Crippen LogP contribution in [-0.4, -0.2) is 0 Å². The van der Waals surface area contributed by atoms with Gasteiger partial charge >= 0.3 is 0 Å². The van der Waals surface area contributed by atoms with Crippen molar-refractivity contribution in [2.45, 2.75) is 20.6 Å². The number of rotatable bonds is 5. The highest BCUT2D eigenvalue weighted by Crippen LogP contribution is 2.63. The maximum Gasteiger partial charge on any atom is 0.0976 e. The molecule has 288 valence electrons. The highest BCUT2D eigenvalue weighted by molar-refractivity contribution is 7.99. The third kappa shape index (κ3) is 4.77. The van der Waals surface area contributed by atoms with Crippen LogP contribution in [0.1, 0.15) is 44.5 Å². The molecule has 0 aromatic heterocycles. The minimum absolute atomic E-state index is 0.488. The van der Waals surface area contributed by atoms with E-state index >= 15 is 0 Å². The van der Waals surface area contributed by atoms with E-state index in [1.54, 1.807) is 0 Å². The fourth-order valence-corrected chi connectivity index (χ4v) is 12.4. The van der Waals surface area contributed by atoms with Crippen molar-refractivity contribution in [2.75, 3.05) is 4.90 Å². The van der Waals surface area contributed by atoms with Crippen LogP contribution >= 0.6 is 11.8 Å². The quantitative estimate of drug-likeness (QED) is 0.170. The molecule has 0 fully saturated rings. The van der Waals surface area contributed by atoms with E-state index in [1.165, 1.54) is 81.8 Å². The summed E-state index contributed by atoms with van der Waals surface area (Å²) in [6, 6.07) is 90.4. The second kappa shape index (κ2) is 13.5. The predicted molar refractivity (Wildman–Crippen MR) is 255 cm³/mol. The molecule has 0 radical (unpaired) electrons. The number of fused-ring (bicyclic) bond motifs is 13. The molecule has 10 aromatic rings. The lowest BCUT2D eigenvalue weighted by Gasteiger charge is -2.40. The van der Waals surface area contributed by atoms with Crippen LogP contribution in [0.3, 0.4) is 0 Å². The minimum atomic E-state index is -0.600. The molecule has 1 aliphatic heterocycles. The molecule has 0 saturated carbocycles. The van der Waals surface area contributed by atoms with E-state index in [-0.39, 0.29) is 0 Å². The third-order valence-electron chi connectivity index (χ3n) is 13.6. The summed E-state index contributed by atoms with van der Waals surface area (Å²) < 4.78 is 0. The van der Waals surface area contributed by atoms with Gasteiger partial charge in [0.25, 0.3) is 0 Å². The summed E-state index contributed by atoms with van der Waals surface area (Å²) in [5.41, 5.74) is 17.3. The first-order chi connectivity index (χ1) is 30.7. The first-order valence-corrected chi connectivity index (χ1v) is 22.2. The summed E-state index contributed by atoms with van der Waals surface area (Å²) in [5.74, 6) is 0. The van der Waals surface area contributed by atoms with E-state index in [4.69, 9.17) is 0 Å². The molecule has 1 spiro atoms. The van der Waals surface area contributed by atoms with Crippen LogP contribution < -0.4 is 4.90 Å². The SMILES string of the molecule is c1cc(C2(c3ccc4ccccc4c3)c3ccccc3-c3ccccc32)cc(N(c2ccccc2)c2ccc3c(c2)C2(c4ccccc4S3)c3ccccc3-c3ccccc32)c#1. The molecule has 2 heteroatoms. The van der Waals surface area contributed by atoms with Crippen molar-refractivity contribution in [1.29, 1.82) is 0 Å². The van der Waals surface area contributed by atoms with Gasteiger partial charge in [0.15, 0.2) is 0 Å². The zero-order valence-corrected chi connectivity index (χ0v) is 34.5. The maximum absolute atomic E-state index is 3.66. The molecule has 62 heavy (non-hydrogen) atoms. The average Bonchev–Trinajstić information content (AvgIpc) is 3.81. The summed E-state index contributed by atoms with van der Waals surface area (Å²) in [6.07, 6.45) is 0. The standard InChI is InChI=1S/C60H37NS/c1-2-20-44(21-3-1)61(46-35-36-58-56(39-46)60(55-31-14-15-32-57(55)62-58)53-29-12-8-25-49(53)50-26-9-13-30-54(50)60)45-22-16-19-42(38-45)59(43-34-33-40-17-4-5-18-41(40)37-43)51-27-10-6-23-47(51)48-24-7-11-28-52(48)59/h1-15,17-21,23-39H. The Balaban J connectivity index is 1.07. The Labute approximate surface area is 366 Å². The second-order valence-corrected chi connectivity index (χ2v) is 17.7. The van der Waals surface area contributed by atoms with Crippen LogP contribution in [0.2, 0.25) is 0 Å². The number of hydrogen-bond acceptors (Lipinski definition) is 2. The maximum atomic E-state index is 3.66. The lowest BCUT2D eigenvalue weighted by Crippen LogP contribution is -2.32. The van der Waals surface area contributed by atoms with Crippen molar-refractivity contribution in [3.8, 4) is 22.3 Å². The Morgan fingerprint density at radius 2 is 0.887 bits per heavy atom. The van der Waals surface area contributed by atoms with Gasteiger partial charge in [-0.25, -0.2) is 0 Å². The summed E-state index contributed by atoms with van der Waals surface area (Å²) >= 11 is 1.88. The second-order valence-electron chi connectivity index (χ2n) is 16.6. The van der Waals surface area contributed by atoms with Crippen molar-refractivity contribution in [3.63, 3.8) is 0 Å². The Bertz CT molecular complexity index is 3330. The van der Waals surface area contributed by atoms with Gasteiger partial charge in [-0.1, -0.05) is 188 Å². The highest BCUT2D eigenvalue weighted by Gasteiger charge is 2.51. The number of hydrogen-bond donors (Lipinski definition) is 0. The van der Waals surface area contributed by atoms with Crippen molar-refractivity contribution in [3.05, 3.63) is 281 Å². The van der Waals surface area contributed by atoms with Crippen LogP contribution in [0.25, 0.3) is 33.0 Å². The zero-order valence-electron chi connectivity index (χ0n) is 33.7. The van der Waals surface area contributed by atoms with Gasteiger partial charge < -0.3 is 4.90 Å². The normalized spacial score (nSPS) is 14.2. The molecular formula is C60H37NS. The van der Waals surface area contributed by atoms with Gasteiger partial charge in [0, 0.05) is 21.2 Å². The molecule has 0 atom stereocenters. The Hall–Kier alpha value is -7.57. The van der Waals surface area contributed by atoms with E-state index in [1.807, 2.05) is 11.8 Å². The predicted octanol–water partition coefficient (Wildman–Crippen LogP) is 15.1. The molecule has 1 nitrogen and oxygen atoms in total. The molecule has 3 aliphatic rings. The molecule has 0 saturated heterocycles. The fraction of sp³-hybridized carbons (Fsp3) is 0.0333.